The molecule has 1 amide bonds. The summed E-state index contributed by atoms with van der Waals surface area (Å²) < 4.78 is 0. The summed E-state index contributed by atoms with van der Waals surface area (Å²) in [7, 11) is 0. The third-order valence-electron chi connectivity index (χ3n) is 2.44. The van der Waals surface area contributed by atoms with E-state index in [1.807, 2.05) is 30.8 Å². The number of primary amides is 1. The van der Waals surface area contributed by atoms with E-state index < -0.39 is 0 Å². The van der Waals surface area contributed by atoms with Crippen LogP contribution >= 0.6 is 11.8 Å². The number of carbonyl (C=O) groups excluding carboxylic acids is 1. The van der Waals surface area contributed by atoms with Crippen LogP contribution in [0.1, 0.15) is 22.3 Å². The number of benzene rings is 1. The summed E-state index contributed by atoms with van der Waals surface area (Å²) in [6, 6.07) is 5.58. The lowest BCUT2D eigenvalue weighted by molar-refractivity contribution is 0.1000. The van der Waals surface area contributed by atoms with Gasteiger partial charge in [0.15, 0.2) is 0 Å². The zero-order chi connectivity index (χ0) is 12.0. The monoisotopic (exact) mass is 238 g/mol. The number of hydrogen-bond acceptors (Lipinski definition) is 3. The van der Waals surface area contributed by atoms with Crippen LogP contribution in [0.15, 0.2) is 18.2 Å². The second kappa shape index (κ2) is 6.43. The van der Waals surface area contributed by atoms with Gasteiger partial charge in [-0.2, -0.15) is 11.8 Å². The highest BCUT2D eigenvalue weighted by Gasteiger charge is 2.07. The molecule has 4 heteroatoms. The molecule has 1 aromatic rings. The molecule has 0 fully saturated rings. The lowest BCUT2D eigenvalue weighted by Crippen LogP contribution is -2.14. The van der Waals surface area contributed by atoms with Crippen LogP contribution in [0.25, 0.3) is 0 Å². The van der Waals surface area contributed by atoms with Crippen molar-refractivity contribution in [3.05, 3.63) is 29.3 Å². The summed E-state index contributed by atoms with van der Waals surface area (Å²) in [5.41, 5.74) is 7.81. The summed E-state index contributed by atoms with van der Waals surface area (Å²) in [6.45, 7) is 2.83. The summed E-state index contributed by atoms with van der Waals surface area (Å²) in [5, 5.41) is 3.32. The molecule has 1 aromatic carbocycles. The molecular weight excluding hydrogens is 220 g/mol. The van der Waals surface area contributed by atoms with Gasteiger partial charge in [0.1, 0.15) is 0 Å². The normalized spacial score (nSPS) is 10.1. The zero-order valence-electron chi connectivity index (χ0n) is 9.75. The Hall–Kier alpha value is -1.16. The van der Waals surface area contributed by atoms with E-state index in [1.54, 1.807) is 6.07 Å². The number of hydrogen-bond donors (Lipinski definition) is 2. The lowest BCUT2D eigenvalue weighted by atomic mass is 10.1. The summed E-state index contributed by atoms with van der Waals surface area (Å²) in [6.07, 6.45) is 3.21. The Kier molecular flexibility index (Phi) is 5.19. The number of anilines is 1. The predicted octanol–water partition coefficient (Wildman–Crippen LogP) is 2.26. The van der Waals surface area contributed by atoms with Crippen molar-refractivity contribution in [2.24, 2.45) is 5.73 Å². The number of rotatable bonds is 6. The Morgan fingerprint density at radius 2 is 2.25 bits per heavy atom. The summed E-state index contributed by atoms with van der Waals surface area (Å²) in [5.74, 6) is 0.770. The molecule has 0 aromatic heterocycles. The Bertz CT molecular complexity index is 366. The van der Waals surface area contributed by atoms with Crippen molar-refractivity contribution >= 4 is 23.4 Å². The highest BCUT2D eigenvalue weighted by molar-refractivity contribution is 7.98. The molecule has 0 bridgehead atoms. The van der Waals surface area contributed by atoms with Gasteiger partial charge in [-0.05, 0) is 43.0 Å². The molecule has 3 nitrogen and oxygen atoms in total. The van der Waals surface area contributed by atoms with Gasteiger partial charge in [0.2, 0.25) is 5.91 Å². The third-order valence-corrected chi connectivity index (χ3v) is 3.14. The van der Waals surface area contributed by atoms with Gasteiger partial charge in [-0.1, -0.05) is 6.07 Å². The minimum atomic E-state index is -0.370. The van der Waals surface area contributed by atoms with Gasteiger partial charge in [-0.25, -0.2) is 0 Å². The Morgan fingerprint density at radius 3 is 2.88 bits per heavy atom. The van der Waals surface area contributed by atoms with E-state index in [9.17, 15) is 4.79 Å². The van der Waals surface area contributed by atoms with Crippen LogP contribution in [0, 0.1) is 6.92 Å². The standard InChI is InChI=1S/C12H18N2OS/c1-9-10(12(13)15)5-3-6-11(9)14-7-4-8-16-2/h3,5-6,14H,4,7-8H2,1-2H3,(H2,13,15). The van der Waals surface area contributed by atoms with Crippen molar-refractivity contribution in [3.8, 4) is 0 Å². The quantitative estimate of drug-likeness (QED) is 0.747. The molecule has 0 unspecified atom stereocenters. The molecule has 0 aliphatic heterocycles. The Balaban J connectivity index is 2.66. The van der Waals surface area contributed by atoms with Gasteiger partial charge in [0.25, 0.3) is 0 Å². The van der Waals surface area contributed by atoms with Crippen molar-refractivity contribution in [2.45, 2.75) is 13.3 Å². The smallest absolute Gasteiger partial charge is 0.249 e. The van der Waals surface area contributed by atoms with Gasteiger partial charge < -0.3 is 11.1 Å². The maximum Gasteiger partial charge on any atom is 0.249 e. The van der Waals surface area contributed by atoms with Crippen molar-refractivity contribution in [1.29, 1.82) is 0 Å². The summed E-state index contributed by atoms with van der Waals surface area (Å²) >= 11 is 1.83. The van der Waals surface area contributed by atoms with Crippen LogP contribution < -0.4 is 11.1 Å². The molecule has 16 heavy (non-hydrogen) atoms. The highest BCUT2D eigenvalue weighted by atomic mass is 32.2. The number of amides is 1. The molecular formula is C12H18N2OS. The van der Waals surface area contributed by atoms with E-state index in [4.69, 9.17) is 5.73 Å². The number of carbonyl (C=O) groups is 1. The molecule has 3 N–H and O–H groups in total. The molecule has 0 saturated heterocycles. The van der Waals surface area contributed by atoms with E-state index in [2.05, 4.69) is 11.6 Å². The van der Waals surface area contributed by atoms with Gasteiger partial charge >= 0.3 is 0 Å². The minimum absolute atomic E-state index is 0.370. The van der Waals surface area contributed by atoms with Crippen LogP contribution in [-0.4, -0.2) is 24.5 Å². The summed E-state index contributed by atoms with van der Waals surface area (Å²) in [4.78, 5) is 11.1. The lowest BCUT2D eigenvalue weighted by Gasteiger charge is -2.11. The number of nitrogens with two attached hydrogens (primary N) is 1. The molecule has 0 radical (unpaired) electrons. The number of thioether (sulfide) groups is 1. The first-order valence-corrected chi connectivity index (χ1v) is 6.68. The van der Waals surface area contributed by atoms with Crippen LogP contribution in [-0.2, 0) is 0 Å². The van der Waals surface area contributed by atoms with Gasteiger partial charge in [0, 0.05) is 17.8 Å². The topological polar surface area (TPSA) is 55.1 Å². The predicted molar refractivity (Wildman–Crippen MR) is 71.2 cm³/mol. The second-order valence-corrected chi connectivity index (χ2v) is 4.60. The molecule has 0 aliphatic rings. The van der Waals surface area contributed by atoms with E-state index in [0.717, 1.165) is 30.0 Å². The van der Waals surface area contributed by atoms with Crippen molar-refractivity contribution < 1.29 is 4.79 Å². The average Bonchev–Trinajstić information content (AvgIpc) is 2.26. The fourth-order valence-electron chi connectivity index (χ4n) is 1.53. The van der Waals surface area contributed by atoms with E-state index in [1.165, 1.54) is 0 Å². The maximum absolute atomic E-state index is 11.1. The first-order valence-electron chi connectivity index (χ1n) is 5.29. The molecule has 0 heterocycles. The number of nitrogens with one attached hydrogen (secondary N) is 1. The van der Waals surface area contributed by atoms with E-state index in [0.29, 0.717) is 5.56 Å². The van der Waals surface area contributed by atoms with Crippen LogP contribution in [0.5, 0.6) is 0 Å². The zero-order valence-corrected chi connectivity index (χ0v) is 10.6. The van der Waals surface area contributed by atoms with E-state index >= 15 is 0 Å². The first kappa shape index (κ1) is 12.9. The molecule has 0 atom stereocenters. The average molecular weight is 238 g/mol. The van der Waals surface area contributed by atoms with Crippen molar-refractivity contribution in [2.75, 3.05) is 23.9 Å². The molecule has 1 rings (SSSR count). The van der Waals surface area contributed by atoms with E-state index in [-0.39, 0.29) is 5.91 Å². The molecule has 0 saturated carbocycles. The van der Waals surface area contributed by atoms with Crippen molar-refractivity contribution in [1.82, 2.24) is 0 Å². The van der Waals surface area contributed by atoms with Gasteiger partial charge in [0.05, 0.1) is 0 Å². The largest absolute Gasteiger partial charge is 0.385 e. The fraction of sp³-hybridized carbons (Fsp3) is 0.417. The van der Waals surface area contributed by atoms with Gasteiger partial charge in [-0.15, -0.1) is 0 Å². The third kappa shape index (κ3) is 3.45. The Morgan fingerprint density at radius 1 is 1.50 bits per heavy atom. The molecule has 0 spiro atoms. The highest BCUT2D eigenvalue weighted by Crippen LogP contribution is 2.18. The van der Waals surface area contributed by atoms with Crippen LogP contribution in [0.4, 0.5) is 5.69 Å². The van der Waals surface area contributed by atoms with Crippen LogP contribution in [0.3, 0.4) is 0 Å². The second-order valence-electron chi connectivity index (χ2n) is 3.62. The first-order chi connectivity index (χ1) is 7.66. The van der Waals surface area contributed by atoms with Crippen LogP contribution in [0.2, 0.25) is 0 Å². The SMILES string of the molecule is CSCCCNc1cccc(C(N)=O)c1C. The fourth-order valence-corrected chi connectivity index (χ4v) is 1.97. The molecule has 0 aliphatic carbocycles. The molecule has 88 valence electrons. The maximum atomic E-state index is 11.1. The van der Waals surface area contributed by atoms with Gasteiger partial charge in [-0.3, -0.25) is 4.79 Å². The Labute approximate surface area is 101 Å². The minimum Gasteiger partial charge on any atom is -0.385 e. The van der Waals surface area contributed by atoms with Crippen molar-refractivity contribution in [3.63, 3.8) is 0 Å².